The van der Waals surface area contributed by atoms with Crippen molar-refractivity contribution in [3.63, 3.8) is 0 Å². The van der Waals surface area contributed by atoms with E-state index in [9.17, 15) is 8.42 Å². The van der Waals surface area contributed by atoms with Gasteiger partial charge in [-0.15, -0.1) is 0 Å². The maximum Gasteiger partial charge on any atom is 0.260 e. The second-order valence-corrected chi connectivity index (χ2v) is 6.85. The van der Waals surface area contributed by atoms with Crippen LogP contribution in [-0.4, -0.2) is 42.6 Å². The zero-order valence-corrected chi connectivity index (χ0v) is 13.6. The summed E-state index contributed by atoms with van der Waals surface area (Å²) in [6.45, 7) is 10.3. The largest absolute Gasteiger partial charge is 0.313 e. The number of hydrogen-bond acceptors (Lipinski definition) is 4. The molecule has 0 amide bonds. The van der Waals surface area contributed by atoms with Crippen LogP contribution in [0.15, 0.2) is 11.2 Å². The molecular weight excluding hydrogens is 276 g/mol. The van der Waals surface area contributed by atoms with Gasteiger partial charge < -0.3 is 5.32 Å². The van der Waals surface area contributed by atoms with Crippen molar-refractivity contribution in [2.45, 2.75) is 45.7 Å². The lowest BCUT2D eigenvalue weighted by Gasteiger charge is -2.23. The Labute approximate surface area is 122 Å². The third-order valence-electron chi connectivity index (χ3n) is 3.41. The number of nitrogens with one attached hydrogen (secondary N) is 2. The Bertz CT molecular complexity index is 498. The summed E-state index contributed by atoms with van der Waals surface area (Å²) in [4.78, 5) is 0. The number of hydrogen-bond donors (Lipinski definition) is 2. The summed E-state index contributed by atoms with van der Waals surface area (Å²) in [5.41, 5.74) is 0.689. The highest BCUT2D eigenvalue weighted by Gasteiger charge is 2.28. The highest BCUT2D eigenvalue weighted by Crippen LogP contribution is 2.19. The molecule has 0 spiro atoms. The zero-order chi connectivity index (χ0) is 15.2. The smallest absolute Gasteiger partial charge is 0.260 e. The lowest BCUT2D eigenvalue weighted by Crippen LogP contribution is -2.35. The van der Waals surface area contributed by atoms with Crippen LogP contribution < -0.4 is 5.32 Å². The molecule has 1 rings (SSSR count). The molecule has 1 unspecified atom stereocenters. The summed E-state index contributed by atoms with van der Waals surface area (Å²) in [5.74, 6) is 0.338. The van der Waals surface area contributed by atoms with E-state index in [-0.39, 0.29) is 5.03 Å². The van der Waals surface area contributed by atoms with Crippen molar-refractivity contribution in [3.8, 4) is 0 Å². The molecule has 20 heavy (non-hydrogen) atoms. The van der Waals surface area contributed by atoms with Gasteiger partial charge in [0.1, 0.15) is 0 Å². The standard InChI is InChI=1S/C13H26N4O2S/c1-5-11(4)10-17(7-3)20(18,19)13-12(8-14-6-2)9-15-16-13/h9,11,14H,5-8,10H2,1-4H3,(H,15,16). The van der Waals surface area contributed by atoms with Gasteiger partial charge in [0, 0.05) is 25.2 Å². The first-order valence-corrected chi connectivity index (χ1v) is 8.64. The molecule has 0 fully saturated rings. The van der Waals surface area contributed by atoms with Crippen LogP contribution in [0.25, 0.3) is 0 Å². The average molecular weight is 302 g/mol. The van der Waals surface area contributed by atoms with Crippen molar-refractivity contribution in [2.75, 3.05) is 19.6 Å². The van der Waals surface area contributed by atoms with Gasteiger partial charge in [0.15, 0.2) is 5.03 Å². The van der Waals surface area contributed by atoms with E-state index in [1.165, 1.54) is 4.31 Å². The minimum atomic E-state index is -3.50. The molecule has 0 saturated heterocycles. The van der Waals surface area contributed by atoms with E-state index >= 15 is 0 Å². The fraction of sp³-hybridized carbons (Fsp3) is 0.769. The van der Waals surface area contributed by atoms with Crippen LogP contribution in [0.5, 0.6) is 0 Å². The summed E-state index contributed by atoms with van der Waals surface area (Å²) in [7, 11) is -3.50. The van der Waals surface area contributed by atoms with Crippen LogP contribution in [0.1, 0.15) is 39.7 Å². The van der Waals surface area contributed by atoms with Crippen molar-refractivity contribution < 1.29 is 8.42 Å². The first kappa shape index (κ1) is 17.1. The normalized spacial score (nSPS) is 13.8. The van der Waals surface area contributed by atoms with E-state index in [2.05, 4.69) is 29.4 Å². The maximum absolute atomic E-state index is 12.7. The van der Waals surface area contributed by atoms with Crippen molar-refractivity contribution in [2.24, 2.45) is 5.92 Å². The number of H-pyrrole nitrogens is 1. The van der Waals surface area contributed by atoms with Crippen molar-refractivity contribution in [3.05, 3.63) is 11.8 Å². The molecular formula is C13H26N4O2S. The van der Waals surface area contributed by atoms with Gasteiger partial charge in [0.25, 0.3) is 10.0 Å². The SMILES string of the molecule is CCNCc1cn[nH]c1S(=O)(=O)N(CC)CC(C)CC. The van der Waals surface area contributed by atoms with E-state index in [0.29, 0.717) is 31.1 Å². The minimum Gasteiger partial charge on any atom is -0.313 e. The summed E-state index contributed by atoms with van der Waals surface area (Å²) < 4.78 is 26.9. The monoisotopic (exact) mass is 302 g/mol. The van der Waals surface area contributed by atoms with Gasteiger partial charge in [-0.05, 0) is 12.5 Å². The van der Waals surface area contributed by atoms with Crippen LogP contribution in [0.4, 0.5) is 0 Å². The summed E-state index contributed by atoms with van der Waals surface area (Å²) >= 11 is 0. The van der Waals surface area contributed by atoms with Crippen LogP contribution in [0, 0.1) is 5.92 Å². The van der Waals surface area contributed by atoms with Gasteiger partial charge in [-0.1, -0.05) is 34.1 Å². The first-order valence-electron chi connectivity index (χ1n) is 7.20. The van der Waals surface area contributed by atoms with E-state index in [1.807, 2.05) is 13.8 Å². The van der Waals surface area contributed by atoms with Crippen molar-refractivity contribution in [1.82, 2.24) is 19.8 Å². The lowest BCUT2D eigenvalue weighted by molar-refractivity contribution is 0.360. The topological polar surface area (TPSA) is 78.1 Å². The summed E-state index contributed by atoms with van der Waals surface area (Å²) in [6.07, 6.45) is 2.53. The van der Waals surface area contributed by atoms with Crippen LogP contribution in [-0.2, 0) is 16.6 Å². The third kappa shape index (κ3) is 4.04. The Kier molecular flexibility index (Phi) is 6.64. The predicted molar refractivity (Wildman–Crippen MR) is 79.9 cm³/mol. The molecule has 0 bridgehead atoms. The van der Waals surface area contributed by atoms with Gasteiger partial charge in [0.05, 0.1) is 6.20 Å². The summed E-state index contributed by atoms with van der Waals surface area (Å²) in [6, 6.07) is 0. The first-order chi connectivity index (χ1) is 9.47. The molecule has 7 heteroatoms. The van der Waals surface area contributed by atoms with Gasteiger partial charge in [-0.3, -0.25) is 5.10 Å². The Morgan fingerprint density at radius 1 is 1.40 bits per heavy atom. The molecule has 6 nitrogen and oxygen atoms in total. The van der Waals surface area contributed by atoms with Crippen molar-refractivity contribution >= 4 is 10.0 Å². The van der Waals surface area contributed by atoms with Gasteiger partial charge in [-0.2, -0.15) is 9.40 Å². The molecule has 1 heterocycles. The number of rotatable bonds is 9. The second kappa shape index (κ2) is 7.75. The lowest BCUT2D eigenvalue weighted by atomic mass is 10.1. The molecule has 2 N–H and O–H groups in total. The van der Waals surface area contributed by atoms with Gasteiger partial charge in [-0.25, -0.2) is 8.42 Å². The molecule has 116 valence electrons. The number of nitrogens with zero attached hydrogens (tertiary/aromatic N) is 2. The Morgan fingerprint density at radius 2 is 2.10 bits per heavy atom. The molecule has 1 aromatic rings. The highest BCUT2D eigenvalue weighted by molar-refractivity contribution is 7.89. The second-order valence-electron chi connectivity index (χ2n) is 4.97. The van der Waals surface area contributed by atoms with E-state index in [0.717, 1.165) is 13.0 Å². The van der Waals surface area contributed by atoms with Crippen LogP contribution >= 0.6 is 0 Å². The zero-order valence-electron chi connectivity index (χ0n) is 12.8. The molecule has 0 saturated carbocycles. The summed E-state index contributed by atoms with van der Waals surface area (Å²) in [5, 5.41) is 9.87. The van der Waals surface area contributed by atoms with Gasteiger partial charge >= 0.3 is 0 Å². The Hall–Kier alpha value is -0.920. The number of aromatic nitrogens is 2. The highest BCUT2D eigenvalue weighted by atomic mass is 32.2. The van der Waals surface area contributed by atoms with Crippen molar-refractivity contribution in [1.29, 1.82) is 0 Å². The average Bonchev–Trinajstić information content (AvgIpc) is 2.90. The molecule has 0 aliphatic heterocycles. The van der Waals surface area contributed by atoms with E-state index in [4.69, 9.17) is 0 Å². The number of sulfonamides is 1. The van der Waals surface area contributed by atoms with Gasteiger partial charge in [0.2, 0.25) is 0 Å². The number of aromatic amines is 1. The molecule has 1 atom stereocenters. The molecule has 1 aromatic heterocycles. The maximum atomic E-state index is 12.7. The predicted octanol–water partition coefficient (Wildman–Crippen LogP) is 1.58. The third-order valence-corrected chi connectivity index (χ3v) is 5.36. The van der Waals surface area contributed by atoms with E-state index < -0.39 is 10.0 Å². The molecule has 0 aromatic carbocycles. The Morgan fingerprint density at radius 3 is 2.65 bits per heavy atom. The fourth-order valence-electron chi connectivity index (χ4n) is 1.91. The molecule has 0 radical (unpaired) electrons. The fourth-order valence-corrected chi connectivity index (χ4v) is 3.58. The van der Waals surface area contributed by atoms with Crippen LogP contribution in [0.2, 0.25) is 0 Å². The molecule has 0 aliphatic rings. The quantitative estimate of drug-likeness (QED) is 0.726. The van der Waals surface area contributed by atoms with E-state index in [1.54, 1.807) is 6.20 Å². The Balaban J connectivity index is 2.99. The minimum absolute atomic E-state index is 0.212. The molecule has 0 aliphatic carbocycles. The van der Waals surface area contributed by atoms with Crippen LogP contribution in [0.3, 0.4) is 0 Å².